The number of ether oxygens (including phenoxy) is 1. The minimum Gasteiger partial charge on any atom is -0.497 e. The number of amides is 1. The Bertz CT molecular complexity index is 1000. The Hall–Kier alpha value is -2.57. The first-order chi connectivity index (χ1) is 13.5. The number of halogens is 1. The second kappa shape index (κ2) is 7.81. The second-order valence-corrected chi connectivity index (χ2v) is 8.16. The molecule has 2 heterocycles. The van der Waals surface area contributed by atoms with Crippen LogP contribution >= 0.6 is 23.4 Å². The molecule has 0 spiro atoms. The fourth-order valence-electron chi connectivity index (χ4n) is 3.22. The summed E-state index contributed by atoms with van der Waals surface area (Å²) in [7, 11) is 1.64. The van der Waals surface area contributed by atoms with E-state index in [1.54, 1.807) is 31.0 Å². The quantitative estimate of drug-likeness (QED) is 0.641. The van der Waals surface area contributed by atoms with Crippen molar-refractivity contribution < 1.29 is 9.53 Å². The van der Waals surface area contributed by atoms with Crippen LogP contribution in [0.25, 0.3) is 0 Å². The summed E-state index contributed by atoms with van der Waals surface area (Å²) in [6.45, 7) is 2.04. The number of anilines is 1. The molecule has 3 aromatic rings. The van der Waals surface area contributed by atoms with Crippen molar-refractivity contribution >= 4 is 35.0 Å². The Kier molecular flexibility index (Phi) is 5.24. The van der Waals surface area contributed by atoms with Crippen LogP contribution in [0.2, 0.25) is 5.02 Å². The van der Waals surface area contributed by atoms with Gasteiger partial charge in [0.25, 0.3) is 0 Å². The molecule has 0 saturated heterocycles. The van der Waals surface area contributed by atoms with E-state index < -0.39 is 0 Å². The van der Waals surface area contributed by atoms with Crippen molar-refractivity contribution in [3.05, 3.63) is 76.9 Å². The number of hydrogen-bond acceptors (Lipinski definition) is 4. The molecule has 28 heavy (non-hydrogen) atoms. The maximum Gasteiger partial charge on any atom is 0.240 e. The molecule has 0 fully saturated rings. The molecule has 1 amide bonds. The SMILES string of the molecule is COc1ccc([C@@H]2Nn3c(C)ccc3S[C@H]2C(=O)Nc2cccc(Cl)c2)cc1. The predicted octanol–water partition coefficient (Wildman–Crippen LogP) is 4.86. The van der Waals surface area contributed by atoms with Crippen LogP contribution in [-0.2, 0) is 4.79 Å². The van der Waals surface area contributed by atoms with E-state index in [-0.39, 0.29) is 17.2 Å². The lowest BCUT2D eigenvalue weighted by Crippen LogP contribution is -2.41. The third-order valence-electron chi connectivity index (χ3n) is 4.68. The fraction of sp³-hybridized carbons (Fsp3) is 0.190. The number of fused-ring (bicyclic) bond motifs is 1. The van der Waals surface area contributed by atoms with Crippen LogP contribution in [0.15, 0.2) is 65.7 Å². The molecule has 4 rings (SSSR count). The van der Waals surface area contributed by atoms with Crippen molar-refractivity contribution in [3.8, 4) is 5.75 Å². The van der Waals surface area contributed by atoms with Gasteiger partial charge in [-0.3, -0.25) is 9.47 Å². The number of aromatic nitrogens is 1. The second-order valence-electron chi connectivity index (χ2n) is 6.57. The molecule has 2 aromatic carbocycles. The fourth-order valence-corrected chi connectivity index (χ4v) is 4.64. The summed E-state index contributed by atoms with van der Waals surface area (Å²) in [5, 5.41) is 4.24. The highest BCUT2D eigenvalue weighted by Crippen LogP contribution is 2.39. The van der Waals surface area contributed by atoms with Crippen LogP contribution in [0.3, 0.4) is 0 Å². The number of aryl methyl sites for hydroxylation is 1. The largest absolute Gasteiger partial charge is 0.497 e. The summed E-state index contributed by atoms with van der Waals surface area (Å²) in [6, 6.07) is 18.8. The van der Waals surface area contributed by atoms with Gasteiger partial charge in [0, 0.05) is 16.4 Å². The Morgan fingerprint density at radius 2 is 1.96 bits per heavy atom. The summed E-state index contributed by atoms with van der Waals surface area (Å²) in [5.41, 5.74) is 6.28. The van der Waals surface area contributed by atoms with E-state index in [4.69, 9.17) is 16.3 Å². The monoisotopic (exact) mass is 413 g/mol. The van der Waals surface area contributed by atoms with Gasteiger partial charge in [-0.2, -0.15) is 0 Å². The number of thioether (sulfide) groups is 1. The molecular weight excluding hydrogens is 394 g/mol. The highest BCUT2D eigenvalue weighted by Gasteiger charge is 2.36. The topological polar surface area (TPSA) is 55.3 Å². The van der Waals surface area contributed by atoms with Crippen molar-refractivity contribution in [1.29, 1.82) is 0 Å². The number of carbonyl (C=O) groups excluding carboxylic acids is 1. The summed E-state index contributed by atoms with van der Waals surface area (Å²) in [6.07, 6.45) is 0. The van der Waals surface area contributed by atoms with Gasteiger partial charge in [0.05, 0.1) is 18.2 Å². The number of methoxy groups -OCH3 is 1. The minimum absolute atomic E-state index is 0.0781. The maximum atomic E-state index is 13.2. The van der Waals surface area contributed by atoms with Crippen LogP contribution < -0.4 is 15.5 Å². The molecule has 2 atom stereocenters. The molecule has 0 bridgehead atoms. The van der Waals surface area contributed by atoms with Gasteiger partial charge in [0.1, 0.15) is 11.0 Å². The first-order valence-electron chi connectivity index (χ1n) is 8.87. The molecule has 0 radical (unpaired) electrons. The summed E-state index contributed by atoms with van der Waals surface area (Å²) < 4.78 is 7.29. The van der Waals surface area contributed by atoms with E-state index in [1.165, 1.54) is 0 Å². The average molecular weight is 414 g/mol. The molecule has 1 aliphatic rings. The van der Waals surface area contributed by atoms with Gasteiger partial charge in [-0.1, -0.05) is 41.6 Å². The van der Waals surface area contributed by atoms with Crippen molar-refractivity contribution in [2.24, 2.45) is 0 Å². The van der Waals surface area contributed by atoms with E-state index >= 15 is 0 Å². The zero-order chi connectivity index (χ0) is 19.7. The molecule has 5 nitrogen and oxygen atoms in total. The van der Waals surface area contributed by atoms with Crippen LogP contribution in [0.1, 0.15) is 17.3 Å². The van der Waals surface area contributed by atoms with Gasteiger partial charge < -0.3 is 15.5 Å². The molecule has 0 unspecified atom stereocenters. The minimum atomic E-state index is -0.353. The van der Waals surface area contributed by atoms with Gasteiger partial charge in [-0.25, -0.2) is 0 Å². The van der Waals surface area contributed by atoms with E-state index in [9.17, 15) is 4.79 Å². The van der Waals surface area contributed by atoms with E-state index in [1.807, 2.05) is 60.1 Å². The van der Waals surface area contributed by atoms with Crippen LogP contribution in [0.4, 0.5) is 5.69 Å². The normalized spacial score (nSPS) is 18.1. The van der Waals surface area contributed by atoms with E-state index in [0.29, 0.717) is 10.7 Å². The van der Waals surface area contributed by atoms with Gasteiger partial charge >= 0.3 is 0 Å². The Balaban J connectivity index is 1.65. The zero-order valence-electron chi connectivity index (χ0n) is 15.5. The third kappa shape index (κ3) is 3.70. The first kappa shape index (κ1) is 18.8. The smallest absolute Gasteiger partial charge is 0.240 e. The van der Waals surface area contributed by atoms with Crippen molar-refractivity contribution in [2.45, 2.75) is 23.2 Å². The number of nitrogens with one attached hydrogen (secondary N) is 2. The highest BCUT2D eigenvalue weighted by atomic mass is 35.5. The molecule has 144 valence electrons. The lowest BCUT2D eigenvalue weighted by atomic mass is 10.0. The summed E-state index contributed by atoms with van der Waals surface area (Å²) in [5.74, 6) is 0.704. The van der Waals surface area contributed by atoms with Crippen molar-refractivity contribution in [1.82, 2.24) is 4.68 Å². The van der Waals surface area contributed by atoms with Gasteiger partial charge in [-0.05, 0) is 55.0 Å². The van der Waals surface area contributed by atoms with Crippen molar-refractivity contribution in [3.63, 3.8) is 0 Å². The number of benzene rings is 2. The molecule has 1 aliphatic heterocycles. The molecule has 0 saturated carbocycles. The molecule has 7 heteroatoms. The van der Waals surface area contributed by atoms with Crippen LogP contribution in [0, 0.1) is 6.92 Å². The Morgan fingerprint density at radius 1 is 1.18 bits per heavy atom. The molecule has 1 aromatic heterocycles. The van der Waals surface area contributed by atoms with Gasteiger partial charge in [0.15, 0.2) is 0 Å². The van der Waals surface area contributed by atoms with Gasteiger partial charge in [-0.15, -0.1) is 0 Å². The van der Waals surface area contributed by atoms with Crippen LogP contribution in [-0.4, -0.2) is 22.9 Å². The third-order valence-corrected chi connectivity index (χ3v) is 6.22. The van der Waals surface area contributed by atoms with E-state index in [0.717, 1.165) is 22.0 Å². The number of hydrogen-bond donors (Lipinski definition) is 2. The Labute approximate surface area is 173 Å². The molecule has 2 N–H and O–H groups in total. The molecular formula is C21H20ClN3O2S. The number of nitrogens with zero attached hydrogens (tertiary/aromatic N) is 1. The maximum absolute atomic E-state index is 13.2. The number of rotatable bonds is 4. The van der Waals surface area contributed by atoms with Crippen molar-refractivity contribution in [2.75, 3.05) is 17.9 Å². The lowest BCUT2D eigenvalue weighted by Gasteiger charge is -2.34. The van der Waals surface area contributed by atoms with Crippen LogP contribution in [0.5, 0.6) is 5.75 Å². The summed E-state index contributed by atoms with van der Waals surface area (Å²) in [4.78, 5) is 13.2. The standard InChI is InChI=1S/C21H20ClN3O2S/c1-13-6-11-18-25(13)24-19(14-7-9-17(27-2)10-8-14)20(28-18)21(26)23-16-5-3-4-15(22)12-16/h3-12,19-20,24H,1-2H3,(H,23,26)/t19-,20+/m0/s1. The van der Waals surface area contributed by atoms with E-state index in [2.05, 4.69) is 10.7 Å². The highest BCUT2D eigenvalue weighted by molar-refractivity contribution is 8.00. The average Bonchev–Trinajstić information content (AvgIpc) is 3.07. The Morgan fingerprint density at radius 3 is 2.68 bits per heavy atom. The zero-order valence-corrected chi connectivity index (χ0v) is 17.1. The summed E-state index contributed by atoms with van der Waals surface area (Å²) >= 11 is 7.60. The number of carbonyl (C=O) groups is 1. The lowest BCUT2D eigenvalue weighted by molar-refractivity contribution is -0.116. The molecule has 0 aliphatic carbocycles. The first-order valence-corrected chi connectivity index (χ1v) is 10.1. The predicted molar refractivity (Wildman–Crippen MR) is 114 cm³/mol. The van der Waals surface area contributed by atoms with Gasteiger partial charge in [0.2, 0.25) is 5.91 Å².